The number of carbonyl (C=O) groups excluding carboxylic acids is 2. The molecule has 0 unspecified atom stereocenters. The number of ether oxygens (including phenoxy) is 2. The van der Waals surface area contributed by atoms with Crippen molar-refractivity contribution >= 4 is 27.5 Å². The van der Waals surface area contributed by atoms with Crippen LogP contribution in [0.2, 0.25) is 0 Å². The molecule has 172 valence electrons. The predicted octanol–water partition coefficient (Wildman–Crippen LogP) is 1.25. The van der Waals surface area contributed by atoms with E-state index in [1.165, 1.54) is 37.0 Å². The molecule has 11 heteroatoms. The second-order valence-corrected chi connectivity index (χ2v) is 9.20. The van der Waals surface area contributed by atoms with Crippen LogP contribution in [-0.2, 0) is 19.6 Å². The minimum atomic E-state index is -3.58. The van der Waals surface area contributed by atoms with Crippen molar-refractivity contribution in [3.05, 3.63) is 42.7 Å². The fourth-order valence-electron chi connectivity index (χ4n) is 3.40. The molecule has 0 aliphatic carbocycles. The van der Waals surface area contributed by atoms with Crippen molar-refractivity contribution in [2.75, 3.05) is 39.2 Å². The van der Waals surface area contributed by atoms with Crippen LogP contribution in [0.4, 0.5) is 5.69 Å². The van der Waals surface area contributed by atoms with Crippen LogP contribution < -0.4 is 20.1 Å². The molecule has 10 nitrogen and oxygen atoms in total. The number of rotatable bonds is 7. The number of anilines is 1. The number of hydrogen-bond donors (Lipinski definition) is 2. The summed E-state index contributed by atoms with van der Waals surface area (Å²) >= 11 is 0. The summed E-state index contributed by atoms with van der Waals surface area (Å²) in [5.74, 6) is -0.588. The van der Waals surface area contributed by atoms with Crippen molar-refractivity contribution in [1.82, 2.24) is 14.6 Å². The van der Waals surface area contributed by atoms with Crippen molar-refractivity contribution < 1.29 is 27.5 Å². The quantitative estimate of drug-likeness (QED) is 0.593. The van der Waals surface area contributed by atoms with Crippen molar-refractivity contribution in [2.45, 2.75) is 17.7 Å². The van der Waals surface area contributed by atoms with E-state index >= 15 is 0 Å². The Bertz CT molecular complexity index is 1050. The van der Waals surface area contributed by atoms with Gasteiger partial charge in [-0.05, 0) is 43.0 Å². The number of hydrogen-bond acceptors (Lipinski definition) is 7. The standard InChI is InChI=1S/C21H26N4O6S/c1-30-16-5-6-18(19(12-16)31-2)24-21(27)20(26)23-13-15-7-10-25(11-8-15)32(28,29)17-4-3-9-22-14-17/h3-6,9,12,14-15H,7-8,10-11,13H2,1-2H3,(H,23,26)(H,24,27). The largest absolute Gasteiger partial charge is 0.497 e. The number of benzene rings is 1. The summed E-state index contributed by atoms with van der Waals surface area (Å²) in [5.41, 5.74) is 0.349. The molecule has 0 saturated carbocycles. The van der Waals surface area contributed by atoms with Gasteiger partial charge >= 0.3 is 11.8 Å². The summed E-state index contributed by atoms with van der Waals surface area (Å²) in [6.07, 6.45) is 4.01. The molecule has 0 spiro atoms. The zero-order valence-corrected chi connectivity index (χ0v) is 18.7. The molecule has 1 aromatic carbocycles. The Hall–Kier alpha value is -3.18. The molecule has 0 radical (unpaired) electrons. The van der Waals surface area contributed by atoms with Crippen LogP contribution >= 0.6 is 0 Å². The third-order valence-electron chi connectivity index (χ3n) is 5.26. The van der Waals surface area contributed by atoms with E-state index in [0.717, 1.165) is 0 Å². The number of methoxy groups -OCH3 is 2. The Kier molecular flexibility index (Phi) is 7.65. The maximum absolute atomic E-state index is 12.7. The highest BCUT2D eigenvalue weighted by molar-refractivity contribution is 7.89. The Morgan fingerprint density at radius 1 is 1.12 bits per heavy atom. The monoisotopic (exact) mass is 462 g/mol. The number of nitrogens with one attached hydrogen (secondary N) is 2. The van der Waals surface area contributed by atoms with Crippen LogP contribution in [-0.4, -0.2) is 63.4 Å². The molecule has 1 aliphatic heterocycles. The van der Waals surface area contributed by atoms with E-state index in [0.29, 0.717) is 43.1 Å². The number of sulfonamides is 1. The van der Waals surface area contributed by atoms with Gasteiger partial charge in [0.05, 0.1) is 19.9 Å². The van der Waals surface area contributed by atoms with E-state index in [1.54, 1.807) is 24.3 Å². The topological polar surface area (TPSA) is 127 Å². The zero-order valence-electron chi connectivity index (χ0n) is 17.9. The zero-order chi connectivity index (χ0) is 23.1. The number of pyridine rings is 1. The molecule has 3 rings (SSSR count). The second kappa shape index (κ2) is 10.4. The number of carbonyl (C=O) groups is 2. The van der Waals surface area contributed by atoms with Crippen molar-refractivity contribution in [2.24, 2.45) is 5.92 Å². The molecule has 1 aliphatic rings. The Morgan fingerprint density at radius 3 is 2.50 bits per heavy atom. The maximum Gasteiger partial charge on any atom is 0.313 e. The van der Waals surface area contributed by atoms with E-state index < -0.39 is 21.8 Å². The summed E-state index contributed by atoms with van der Waals surface area (Å²) in [4.78, 5) is 28.5. The highest BCUT2D eigenvalue weighted by Gasteiger charge is 2.30. The fourth-order valence-corrected chi connectivity index (χ4v) is 4.83. The predicted molar refractivity (Wildman–Crippen MR) is 117 cm³/mol. The van der Waals surface area contributed by atoms with Gasteiger partial charge in [-0.2, -0.15) is 4.31 Å². The van der Waals surface area contributed by atoms with Crippen LogP contribution in [0.3, 0.4) is 0 Å². The third-order valence-corrected chi connectivity index (χ3v) is 7.14. The lowest BCUT2D eigenvalue weighted by molar-refractivity contribution is -0.136. The number of aromatic nitrogens is 1. The summed E-state index contributed by atoms with van der Waals surface area (Å²) in [7, 11) is -0.615. The number of piperidine rings is 1. The lowest BCUT2D eigenvalue weighted by Crippen LogP contribution is -2.43. The average molecular weight is 463 g/mol. The van der Waals surface area contributed by atoms with Crippen LogP contribution in [0.1, 0.15) is 12.8 Å². The summed E-state index contributed by atoms with van der Waals surface area (Å²) in [6, 6.07) is 7.93. The molecule has 2 amide bonds. The van der Waals surface area contributed by atoms with E-state index in [-0.39, 0.29) is 17.4 Å². The van der Waals surface area contributed by atoms with Crippen LogP contribution in [0.15, 0.2) is 47.6 Å². The van der Waals surface area contributed by atoms with E-state index in [1.807, 2.05) is 0 Å². The van der Waals surface area contributed by atoms with Gasteiger partial charge in [-0.15, -0.1) is 0 Å². The smallest absolute Gasteiger partial charge is 0.313 e. The molecule has 2 N–H and O–H groups in total. The van der Waals surface area contributed by atoms with Gasteiger partial charge in [-0.3, -0.25) is 14.6 Å². The Morgan fingerprint density at radius 2 is 1.88 bits per heavy atom. The lowest BCUT2D eigenvalue weighted by Gasteiger charge is -2.31. The molecule has 0 atom stereocenters. The SMILES string of the molecule is COc1ccc(NC(=O)C(=O)NCC2CCN(S(=O)(=O)c3cccnc3)CC2)c(OC)c1. The van der Waals surface area contributed by atoms with Gasteiger partial charge in [0, 0.05) is 38.1 Å². The molecule has 2 heterocycles. The minimum absolute atomic E-state index is 0.0719. The summed E-state index contributed by atoms with van der Waals surface area (Å²) < 4.78 is 37.1. The highest BCUT2D eigenvalue weighted by atomic mass is 32.2. The fraction of sp³-hybridized carbons (Fsp3) is 0.381. The molecule has 1 fully saturated rings. The highest BCUT2D eigenvalue weighted by Crippen LogP contribution is 2.29. The van der Waals surface area contributed by atoms with E-state index in [4.69, 9.17) is 9.47 Å². The molecule has 1 aromatic heterocycles. The van der Waals surface area contributed by atoms with E-state index in [2.05, 4.69) is 15.6 Å². The Balaban J connectivity index is 1.48. The van der Waals surface area contributed by atoms with Gasteiger partial charge in [-0.25, -0.2) is 8.42 Å². The van der Waals surface area contributed by atoms with Crippen LogP contribution in [0, 0.1) is 5.92 Å². The van der Waals surface area contributed by atoms with Crippen molar-refractivity contribution in [3.8, 4) is 11.5 Å². The molecule has 1 saturated heterocycles. The lowest BCUT2D eigenvalue weighted by atomic mass is 9.98. The minimum Gasteiger partial charge on any atom is -0.497 e. The summed E-state index contributed by atoms with van der Waals surface area (Å²) in [6.45, 7) is 0.965. The molecular weight excluding hydrogens is 436 g/mol. The molecule has 32 heavy (non-hydrogen) atoms. The molecular formula is C21H26N4O6S. The van der Waals surface area contributed by atoms with Crippen LogP contribution in [0.5, 0.6) is 11.5 Å². The number of nitrogens with zero attached hydrogens (tertiary/aromatic N) is 2. The van der Waals surface area contributed by atoms with Gasteiger partial charge in [0.15, 0.2) is 0 Å². The molecule has 0 bridgehead atoms. The average Bonchev–Trinajstić information content (AvgIpc) is 2.83. The summed E-state index contributed by atoms with van der Waals surface area (Å²) in [5, 5.41) is 5.14. The van der Waals surface area contributed by atoms with Gasteiger partial charge in [0.2, 0.25) is 10.0 Å². The van der Waals surface area contributed by atoms with Gasteiger partial charge in [0.1, 0.15) is 16.4 Å². The first-order valence-corrected chi connectivity index (χ1v) is 11.5. The van der Waals surface area contributed by atoms with Crippen molar-refractivity contribution in [1.29, 1.82) is 0 Å². The van der Waals surface area contributed by atoms with Gasteiger partial charge < -0.3 is 20.1 Å². The first kappa shape index (κ1) is 23.5. The van der Waals surface area contributed by atoms with Gasteiger partial charge in [0.25, 0.3) is 0 Å². The van der Waals surface area contributed by atoms with E-state index in [9.17, 15) is 18.0 Å². The maximum atomic E-state index is 12.7. The van der Waals surface area contributed by atoms with Gasteiger partial charge in [-0.1, -0.05) is 0 Å². The van der Waals surface area contributed by atoms with Crippen molar-refractivity contribution in [3.63, 3.8) is 0 Å². The number of amides is 2. The first-order chi connectivity index (χ1) is 15.3. The second-order valence-electron chi connectivity index (χ2n) is 7.27. The first-order valence-electron chi connectivity index (χ1n) is 10.1. The van der Waals surface area contributed by atoms with Crippen LogP contribution in [0.25, 0.3) is 0 Å². The third kappa shape index (κ3) is 5.54. The normalized spacial score (nSPS) is 15.1. The molecule has 2 aromatic rings. The Labute approximate surface area is 187 Å².